The molecule has 2 heterocycles. The van der Waals surface area contributed by atoms with Crippen molar-refractivity contribution in [1.29, 1.82) is 0 Å². The number of unbranched alkanes of at least 4 members (excludes halogenated alkanes) is 4. The van der Waals surface area contributed by atoms with E-state index in [1.54, 1.807) is 0 Å². The second-order valence-electron chi connectivity index (χ2n) is 9.11. The summed E-state index contributed by atoms with van der Waals surface area (Å²) >= 11 is 0. The fraction of sp³-hybridized carbons (Fsp3) is 0.720. The number of aliphatic hydroxyl groups is 3. The summed E-state index contributed by atoms with van der Waals surface area (Å²) in [5, 5.41) is 34.3. The molecule has 0 spiro atoms. The highest BCUT2D eigenvalue weighted by Crippen LogP contribution is 2.34. The minimum Gasteiger partial charge on any atom is -0.390 e. The first-order valence-corrected chi connectivity index (χ1v) is 12.3. The van der Waals surface area contributed by atoms with Gasteiger partial charge in [0.1, 0.15) is 30.5 Å². The average molecular weight is 482 g/mol. The molecule has 9 heteroatoms. The van der Waals surface area contributed by atoms with E-state index in [1.807, 2.05) is 30.3 Å². The van der Waals surface area contributed by atoms with E-state index >= 15 is 0 Å². The van der Waals surface area contributed by atoms with Gasteiger partial charge in [0, 0.05) is 12.5 Å². The van der Waals surface area contributed by atoms with Crippen LogP contribution in [0.15, 0.2) is 30.3 Å². The van der Waals surface area contributed by atoms with Crippen LogP contribution in [0.3, 0.4) is 0 Å². The number of carbonyl (C=O) groups is 1. The molecule has 3 rings (SSSR count). The molecule has 2 aliphatic rings. The lowest BCUT2D eigenvalue weighted by Gasteiger charge is -2.47. The standard InChI is InChI=1S/C25H39NO8/c1-3-4-5-6-10-13-18(28)19(29)14-31-25-21(26-16(2)27)22(30)23-20(33-25)15-32-24(34-23)17-11-8-7-9-12-17/h7-9,11-12,18-25,28-30H,3-6,10,13-15H2,1-2H3,(H,26,27)/t18-,19-,20+,21+,22+,23+,24?,25+/m0/s1. The predicted octanol–water partition coefficient (Wildman–Crippen LogP) is 1.79. The molecular formula is C25H39NO8. The van der Waals surface area contributed by atoms with E-state index in [4.69, 9.17) is 18.9 Å². The summed E-state index contributed by atoms with van der Waals surface area (Å²) < 4.78 is 23.5. The summed E-state index contributed by atoms with van der Waals surface area (Å²) in [5.74, 6) is -0.362. The molecule has 1 amide bonds. The molecule has 0 aliphatic carbocycles. The second kappa shape index (κ2) is 13.5. The fourth-order valence-corrected chi connectivity index (χ4v) is 4.36. The maximum Gasteiger partial charge on any atom is 0.217 e. The van der Waals surface area contributed by atoms with Crippen LogP contribution < -0.4 is 5.32 Å². The normalized spacial score (nSPS) is 30.9. The lowest BCUT2D eigenvalue weighted by molar-refractivity contribution is -0.346. The van der Waals surface area contributed by atoms with E-state index < -0.39 is 49.1 Å². The van der Waals surface area contributed by atoms with Gasteiger partial charge >= 0.3 is 0 Å². The Kier molecular flexibility index (Phi) is 10.7. The van der Waals surface area contributed by atoms with Gasteiger partial charge in [-0.25, -0.2) is 0 Å². The zero-order chi connectivity index (χ0) is 24.5. The Morgan fingerprint density at radius 1 is 1.12 bits per heavy atom. The molecule has 0 aromatic heterocycles. The third kappa shape index (κ3) is 7.45. The highest BCUT2D eigenvalue weighted by atomic mass is 16.7. The van der Waals surface area contributed by atoms with Crippen LogP contribution in [0.2, 0.25) is 0 Å². The van der Waals surface area contributed by atoms with E-state index in [-0.39, 0.29) is 19.1 Å². The molecule has 4 N–H and O–H groups in total. The molecule has 2 aliphatic heterocycles. The lowest BCUT2D eigenvalue weighted by Crippen LogP contribution is -2.66. The number of nitrogens with one attached hydrogen (secondary N) is 1. The van der Waals surface area contributed by atoms with Crippen molar-refractivity contribution in [3.63, 3.8) is 0 Å². The maximum absolute atomic E-state index is 11.8. The molecule has 2 fully saturated rings. The van der Waals surface area contributed by atoms with Gasteiger partial charge in [0.05, 0.1) is 19.3 Å². The molecule has 9 nitrogen and oxygen atoms in total. The van der Waals surface area contributed by atoms with Crippen molar-refractivity contribution in [3.05, 3.63) is 35.9 Å². The number of amides is 1. The molecule has 1 unspecified atom stereocenters. The van der Waals surface area contributed by atoms with Gasteiger partial charge in [0.2, 0.25) is 5.91 Å². The van der Waals surface area contributed by atoms with Gasteiger partial charge in [-0.1, -0.05) is 69.4 Å². The number of ether oxygens (including phenoxy) is 4. The second-order valence-corrected chi connectivity index (χ2v) is 9.11. The quantitative estimate of drug-likeness (QED) is 0.333. The van der Waals surface area contributed by atoms with Crippen LogP contribution in [0.1, 0.15) is 64.2 Å². The first-order chi connectivity index (χ1) is 16.4. The Labute approximate surface area is 201 Å². The highest BCUT2D eigenvalue weighted by molar-refractivity contribution is 5.73. The minimum absolute atomic E-state index is 0.164. The molecule has 1 aromatic rings. The van der Waals surface area contributed by atoms with Gasteiger partial charge in [-0.2, -0.15) is 0 Å². The lowest BCUT2D eigenvalue weighted by atomic mass is 9.95. The molecule has 192 valence electrons. The summed E-state index contributed by atoms with van der Waals surface area (Å²) in [6.07, 6.45) is -0.479. The van der Waals surface area contributed by atoms with Gasteiger partial charge in [0.25, 0.3) is 0 Å². The monoisotopic (exact) mass is 481 g/mol. The third-order valence-electron chi connectivity index (χ3n) is 6.29. The van der Waals surface area contributed by atoms with E-state index in [0.717, 1.165) is 37.7 Å². The van der Waals surface area contributed by atoms with Crippen molar-refractivity contribution in [2.24, 2.45) is 0 Å². The molecule has 0 radical (unpaired) electrons. The Morgan fingerprint density at radius 3 is 2.56 bits per heavy atom. The molecule has 8 atom stereocenters. The first kappa shape index (κ1) is 27.0. The van der Waals surface area contributed by atoms with Gasteiger partial charge in [-0.3, -0.25) is 4.79 Å². The van der Waals surface area contributed by atoms with E-state index in [0.29, 0.717) is 6.42 Å². The molecule has 0 bridgehead atoms. The Hall–Kier alpha value is -1.59. The number of hydrogen-bond donors (Lipinski definition) is 4. The van der Waals surface area contributed by atoms with Gasteiger partial charge < -0.3 is 39.6 Å². The predicted molar refractivity (Wildman–Crippen MR) is 124 cm³/mol. The van der Waals surface area contributed by atoms with Crippen LogP contribution in [0.25, 0.3) is 0 Å². The smallest absolute Gasteiger partial charge is 0.217 e. The van der Waals surface area contributed by atoms with Gasteiger partial charge in [-0.05, 0) is 6.42 Å². The summed E-state index contributed by atoms with van der Waals surface area (Å²) in [7, 11) is 0. The SMILES string of the molecule is CCCCCCC[C@H](O)[C@@H](O)CO[C@@H]1O[C@@H]2COC(c3ccccc3)O[C@H]2[C@H](O)[C@H]1NC(C)=O. The number of carbonyl (C=O) groups excluding carboxylic acids is 1. The Morgan fingerprint density at radius 2 is 1.85 bits per heavy atom. The number of aliphatic hydroxyl groups excluding tert-OH is 3. The van der Waals surface area contributed by atoms with Crippen LogP contribution in [0, 0.1) is 0 Å². The van der Waals surface area contributed by atoms with Crippen molar-refractivity contribution in [2.75, 3.05) is 13.2 Å². The molecule has 0 saturated carbocycles. The fourth-order valence-electron chi connectivity index (χ4n) is 4.36. The maximum atomic E-state index is 11.8. The van der Waals surface area contributed by atoms with E-state index in [2.05, 4.69) is 12.2 Å². The van der Waals surface area contributed by atoms with Crippen molar-refractivity contribution in [3.8, 4) is 0 Å². The summed E-state index contributed by atoms with van der Waals surface area (Å²) in [6, 6.07) is 8.46. The number of hydrogen-bond acceptors (Lipinski definition) is 8. The molecule has 34 heavy (non-hydrogen) atoms. The first-order valence-electron chi connectivity index (χ1n) is 12.3. The molecule has 1 aromatic carbocycles. The number of rotatable bonds is 12. The number of benzene rings is 1. The highest BCUT2D eigenvalue weighted by Gasteiger charge is 2.50. The van der Waals surface area contributed by atoms with Crippen molar-refractivity contribution < 1.29 is 39.1 Å². The van der Waals surface area contributed by atoms with Gasteiger partial charge in [-0.15, -0.1) is 0 Å². The van der Waals surface area contributed by atoms with Crippen LogP contribution in [0.4, 0.5) is 0 Å². The topological polar surface area (TPSA) is 127 Å². The average Bonchev–Trinajstić information content (AvgIpc) is 2.84. The van der Waals surface area contributed by atoms with Crippen LogP contribution in [0.5, 0.6) is 0 Å². The molecular weight excluding hydrogens is 442 g/mol. The Bertz CT molecular complexity index is 735. The number of fused-ring (bicyclic) bond motifs is 1. The zero-order valence-corrected chi connectivity index (χ0v) is 20.0. The van der Waals surface area contributed by atoms with Crippen molar-refractivity contribution in [1.82, 2.24) is 5.32 Å². The van der Waals surface area contributed by atoms with Crippen LogP contribution >= 0.6 is 0 Å². The van der Waals surface area contributed by atoms with Crippen molar-refractivity contribution >= 4 is 5.91 Å². The summed E-state index contributed by atoms with van der Waals surface area (Å²) in [6.45, 7) is 3.45. The van der Waals surface area contributed by atoms with E-state index in [1.165, 1.54) is 6.92 Å². The van der Waals surface area contributed by atoms with Crippen LogP contribution in [-0.4, -0.2) is 77.3 Å². The largest absolute Gasteiger partial charge is 0.390 e. The van der Waals surface area contributed by atoms with Crippen molar-refractivity contribution in [2.45, 2.75) is 102 Å². The summed E-state index contributed by atoms with van der Waals surface area (Å²) in [5.41, 5.74) is 0.814. The van der Waals surface area contributed by atoms with E-state index in [9.17, 15) is 20.1 Å². The van der Waals surface area contributed by atoms with Crippen LogP contribution in [-0.2, 0) is 23.7 Å². The molecule has 2 saturated heterocycles. The van der Waals surface area contributed by atoms with Gasteiger partial charge in [0.15, 0.2) is 12.6 Å². The zero-order valence-electron chi connectivity index (χ0n) is 20.0. The Balaban J connectivity index is 1.56. The third-order valence-corrected chi connectivity index (χ3v) is 6.29. The summed E-state index contributed by atoms with van der Waals surface area (Å²) in [4.78, 5) is 11.8. The minimum atomic E-state index is -1.12.